The topological polar surface area (TPSA) is 47.7 Å². The van der Waals surface area contributed by atoms with Gasteiger partial charge >= 0.3 is 0 Å². The van der Waals surface area contributed by atoms with Crippen molar-refractivity contribution in [1.82, 2.24) is 4.90 Å². The Kier molecular flexibility index (Phi) is 4.42. The molecule has 2 saturated heterocycles. The Morgan fingerprint density at radius 3 is 2.71 bits per heavy atom. The lowest BCUT2D eigenvalue weighted by Gasteiger charge is -2.33. The summed E-state index contributed by atoms with van der Waals surface area (Å²) in [7, 11) is 2.19. The van der Waals surface area contributed by atoms with E-state index in [0.717, 1.165) is 18.8 Å². The van der Waals surface area contributed by atoms with E-state index in [1.807, 2.05) is 0 Å². The SMILES string of the molecule is CN1CCC(CC2(C)OCC(CCN)O2)CC1. The molecule has 4 heteroatoms. The minimum absolute atomic E-state index is 0.205. The molecule has 100 valence electrons. The second-order valence-corrected chi connectivity index (χ2v) is 5.71. The van der Waals surface area contributed by atoms with Gasteiger partial charge in [-0.2, -0.15) is 0 Å². The van der Waals surface area contributed by atoms with Crippen molar-refractivity contribution in [3.63, 3.8) is 0 Å². The van der Waals surface area contributed by atoms with Gasteiger partial charge in [0, 0.05) is 6.42 Å². The summed E-state index contributed by atoms with van der Waals surface area (Å²) in [6, 6.07) is 0. The number of hydrogen-bond donors (Lipinski definition) is 1. The third-order valence-corrected chi connectivity index (χ3v) is 3.98. The van der Waals surface area contributed by atoms with Gasteiger partial charge in [-0.15, -0.1) is 0 Å². The molecule has 2 aliphatic rings. The number of nitrogens with two attached hydrogens (primary N) is 1. The molecule has 0 aliphatic carbocycles. The number of nitrogens with zero attached hydrogens (tertiary/aromatic N) is 1. The minimum Gasteiger partial charge on any atom is -0.348 e. The van der Waals surface area contributed by atoms with Crippen LogP contribution in [0.2, 0.25) is 0 Å². The smallest absolute Gasteiger partial charge is 0.166 e. The van der Waals surface area contributed by atoms with Crippen LogP contribution in [-0.4, -0.2) is 50.1 Å². The van der Waals surface area contributed by atoms with Crippen molar-refractivity contribution in [2.75, 3.05) is 33.3 Å². The van der Waals surface area contributed by atoms with Gasteiger partial charge in [0.2, 0.25) is 0 Å². The molecular weight excluding hydrogens is 216 g/mol. The quantitative estimate of drug-likeness (QED) is 0.804. The summed E-state index contributed by atoms with van der Waals surface area (Å²) in [4.78, 5) is 2.40. The highest BCUT2D eigenvalue weighted by atomic mass is 16.7. The predicted molar refractivity (Wildman–Crippen MR) is 67.7 cm³/mol. The van der Waals surface area contributed by atoms with Crippen molar-refractivity contribution in [3.05, 3.63) is 0 Å². The summed E-state index contributed by atoms with van der Waals surface area (Å²) >= 11 is 0. The van der Waals surface area contributed by atoms with Gasteiger partial charge in [-0.05, 0) is 58.8 Å². The van der Waals surface area contributed by atoms with E-state index in [0.29, 0.717) is 13.2 Å². The van der Waals surface area contributed by atoms with Gasteiger partial charge < -0.3 is 20.1 Å². The maximum atomic E-state index is 6.00. The molecule has 2 atom stereocenters. The van der Waals surface area contributed by atoms with Crippen LogP contribution in [0.1, 0.15) is 32.6 Å². The third kappa shape index (κ3) is 3.65. The second-order valence-electron chi connectivity index (χ2n) is 5.71. The number of ether oxygens (including phenoxy) is 2. The van der Waals surface area contributed by atoms with E-state index in [1.54, 1.807) is 0 Å². The molecular formula is C13H26N2O2. The van der Waals surface area contributed by atoms with Crippen molar-refractivity contribution in [2.24, 2.45) is 11.7 Å². The lowest BCUT2D eigenvalue weighted by Crippen LogP contribution is -2.36. The van der Waals surface area contributed by atoms with Crippen LogP contribution in [0.5, 0.6) is 0 Å². The van der Waals surface area contributed by atoms with Gasteiger partial charge in [-0.1, -0.05) is 0 Å². The van der Waals surface area contributed by atoms with Gasteiger partial charge in [0.05, 0.1) is 12.7 Å². The molecule has 2 aliphatic heterocycles. The molecule has 2 N–H and O–H groups in total. The molecule has 4 nitrogen and oxygen atoms in total. The van der Waals surface area contributed by atoms with Crippen molar-refractivity contribution >= 4 is 0 Å². The van der Waals surface area contributed by atoms with Crippen LogP contribution < -0.4 is 5.73 Å². The normalized spacial score (nSPS) is 36.5. The summed E-state index contributed by atoms with van der Waals surface area (Å²) in [6.07, 6.45) is 4.67. The van der Waals surface area contributed by atoms with Crippen molar-refractivity contribution < 1.29 is 9.47 Å². The predicted octanol–water partition coefficient (Wildman–Crippen LogP) is 1.20. The van der Waals surface area contributed by atoms with Gasteiger partial charge in [-0.25, -0.2) is 0 Å². The number of hydrogen-bond acceptors (Lipinski definition) is 4. The molecule has 0 saturated carbocycles. The summed E-state index contributed by atoms with van der Waals surface area (Å²) in [5, 5.41) is 0. The first-order chi connectivity index (χ1) is 8.11. The molecule has 2 fully saturated rings. The van der Waals surface area contributed by atoms with Gasteiger partial charge in [0.1, 0.15) is 0 Å². The standard InChI is InChI=1S/C13H26N2O2/c1-13(16-10-12(17-13)3-6-14)9-11-4-7-15(2)8-5-11/h11-12H,3-10,14H2,1-2H3. The number of rotatable bonds is 4. The minimum atomic E-state index is -0.361. The molecule has 0 bridgehead atoms. The van der Waals surface area contributed by atoms with Crippen LogP contribution in [0.3, 0.4) is 0 Å². The van der Waals surface area contributed by atoms with Crippen molar-refractivity contribution in [3.8, 4) is 0 Å². The van der Waals surface area contributed by atoms with Crippen LogP contribution in [-0.2, 0) is 9.47 Å². The molecule has 0 spiro atoms. The molecule has 0 amide bonds. The monoisotopic (exact) mass is 242 g/mol. The Morgan fingerprint density at radius 2 is 2.06 bits per heavy atom. The molecule has 2 unspecified atom stereocenters. The van der Waals surface area contributed by atoms with Crippen LogP contribution in [0, 0.1) is 5.92 Å². The van der Waals surface area contributed by atoms with Crippen LogP contribution in [0.4, 0.5) is 0 Å². The van der Waals surface area contributed by atoms with Crippen LogP contribution in [0.15, 0.2) is 0 Å². The fourth-order valence-corrected chi connectivity index (χ4v) is 2.92. The maximum Gasteiger partial charge on any atom is 0.166 e. The van der Waals surface area contributed by atoms with E-state index in [1.165, 1.54) is 25.9 Å². The van der Waals surface area contributed by atoms with E-state index >= 15 is 0 Å². The van der Waals surface area contributed by atoms with E-state index in [-0.39, 0.29) is 11.9 Å². The summed E-state index contributed by atoms with van der Waals surface area (Å²) in [5.41, 5.74) is 5.56. The average Bonchev–Trinajstić information content (AvgIpc) is 2.64. The Balaban J connectivity index is 1.78. The number of likely N-dealkylation sites (tertiary alicyclic amines) is 1. The molecule has 0 aromatic rings. The summed E-state index contributed by atoms with van der Waals surface area (Å²) in [5.74, 6) is 0.383. The molecule has 2 heterocycles. The molecule has 0 aromatic heterocycles. The molecule has 0 aromatic carbocycles. The largest absolute Gasteiger partial charge is 0.348 e. The fourth-order valence-electron chi connectivity index (χ4n) is 2.92. The highest BCUT2D eigenvalue weighted by Gasteiger charge is 2.39. The van der Waals surface area contributed by atoms with E-state index in [4.69, 9.17) is 15.2 Å². The Bertz CT molecular complexity index is 242. The summed E-state index contributed by atoms with van der Waals surface area (Å²) < 4.78 is 11.8. The molecule has 17 heavy (non-hydrogen) atoms. The Labute approximate surface area is 104 Å². The van der Waals surface area contributed by atoms with Gasteiger partial charge in [-0.3, -0.25) is 0 Å². The van der Waals surface area contributed by atoms with E-state index in [9.17, 15) is 0 Å². The highest BCUT2D eigenvalue weighted by molar-refractivity contribution is 4.81. The highest BCUT2D eigenvalue weighted by Crippen LogP contribution is 2.34. The summed E-state index contributed by atoms with van der Waals surface area (Å²) in [6.45, 7) is 5.88. The Hall–Kier alpha value is -0.160. The lowest BCUT2D eigenvalue weighted by molar-refractivity contribution is -0.168. The Morgan fingerprint density at radius 1 is 1.35 bits per heavy atom. The first kappa shape index (κ1) is 13.3. The van der Waals surface area contributed by atoms with Gasteiger partial charge in [0.25, 0.3) is 0 Å². The van der Waals surface area contributed by atoms with E-state index in [2.05, 4.69) is 18.9 Å². The maximum absolute atomic E-state index is 6.00. The zero-order valence-electron chi connectivity index (χ0n) is 11.2. The zero-order chi connectivity index (χ0) is 12.3. The van der Waals surface area contributed by atoms with Crippen LogP contribution in [0.25, 0.3) is 0 Å². The first-order valence-corrected chi connectivity index (χ1v) is 6.82. The number of piperidine rings is 1. The molecule has 0 radical (unpaired) electrons. The van der Waals surface area contributed by atoms with Crippen molar-refractivity contribution in [1.29, 1.82) is 0 Å². The second kappa shape index (κ2) is 5.65. The average molecular weight is 242 g/mol. The first-order valence-electron chi connectivity index (χ1n) is 6.82. The molecule has 2 rings (SSSR count). The van der Waals surface area contributed by atoms with E-state index < -0.39 is 0 Å². The van der Waals surface area contributed by atoms with Crippen molar-refractivity contribution in [2.45, 2.75) is 44.5 Å². The van der Waals surface area contributed by atoms with Gasteiger partial charge in [0.15, 0.2) is 5.79 Å². The zero-order valence-corrected chi connectivity index (χ0v) is 11.2. The van der Waals surface area contributed by atoms with Crippen LogP contribution >= 0.6 is 0 Å². The third-order valence-electron chi connectivity index (χ3n) is 3.98. The fraction of sp³-hybridized carbons (Fsp3) is 1.00. The lowest BCUT2D eigenvalue weighted by atomic mass is 9.90.